The predicted molar refractivity (Wildman–Crippen MR) is 126 cm³/mol. The van der Waals surface area contributed by atoms with Gasteiger partial charge >= 0.3 is 0 Å². The first-order chi connectivity index (χ1) is 15.1. The number of nitrogens with one attached hydrogen (secondary N) is 2. The monoisotopic (exact) mass is 471 g/mol. The SMILES string of the molecule is Cc1cc(C)c(NC(=O)CSc2nnc(NC(=O)c3ccc(C)c([N+](=O)[O-])c3)s2)c(C)c1. The Morgan fingerprint density at radius 3 is 2.38 bits per heavy atom. The van der Waals surface area contributed by atoms with Gasteiger partial charge in [0, 0.05) is 22.9 Å². The lowest BCUT2D eigenvalue weighted by Gasteiger charge is -2.12. The lowest BCUT2D eigenvalue weighted by Crippen LogP contribution is -2.15. The summed E-state index contributed by atoms with van der Waals surface area (Å²) in [6.45, 7) is 7.51. The first-order valence-electron chi connectivity index (χ1n) is 9.54. The van der Waals surface area contributed by atoms with Crippen LogP contribution in [0.3, 0.4) is 0 Å². The molecule has 9 nitrogen and oxygen atoms in total. The van der Waals surface area contributed by atoms with Gasteiger partial charge < -0.3 is 5.32 Å². The molecular formula is C21H21N5O4S2. The molecule has 0 saturated heterocycles. The number of aromatic nitrogens is 2. The smallest absolute Gasteiger partial charge is 0.273 e. The Hall–Kier alpha value is -3.31. The highest BCUT2D eigenvalue weighted by atomic mass is 32.2. The highest BCUT2D eigenvalue weighted by Crippen LogP contribution is 2.27. The molecule has 0 radical (unpaired) electrons. The third-order valence-corrected chi connectivity index (χ3v) is 6.54. The molecule has 0 aliphatic carbocycles. The van der Waals surface area contributed by atoms with E-state index in [0.29, 0.717) is 9.90 Å². The molecule has 3 aromatic rings. The van der Waals surface area contributed by atoms with Crippen molar-refractivity contribution in [1.29, 1.82) is 0 Å². The van der Waals surface area contributed by atoms with E-state index in [4.69, 9.17) is 0 Å². The highest BCUT2D eigenvalue weighted by molar-refractivity contribution is 8.01. The molecule has 2 amide bonds. The topological polar surface area (TPSA) is 127 Å². The minimum absolute atomic E-state index is 0.128. The molecule has 0 bridgehead atoms. The number of nitro groups is 1. The molecule has 0 aliphatic heterocycles. The summed E-state index contributed by atoms with van der Waals surface area (Å²) in [5, 5.41) is 24.7. The quantitative estimate of drug-likeness (QED) is 0.222. The molecule has 3 rings (SSSR count). The average molecular weight is 472 g/mol. The highest BCUT2D eigenvalue weighted by Gasteiger charge is 2.17. The van der Waals surface area contributed by atoms with Crippen LogP contribution in [0.5, 0.6) is 0 Å². The lowest BCUT2D eigenvalue weighted by molar-refractivity contribution is -0.385. The Morgan fingerprint density at radius 1 is 1.03 bits per heavy atom. The first-order valence-corrected chi connectivity index (χ1v) is 11.3. The second kappa shape index (κ2) is 9.88. The van der Waals surface area contributed by atoms with Crippen LogP contribution in [0, 0.1) is 37.8 Å². The van der Waals surface area contributed by atoms with Crippen molar-refractivity contribution in [1.82, 2.24) is 10.2 Å². The zero-order valence-corrected chi connectivity index (χ0v) is 19.5. The summed E-state index contributed by atoms with van der Waals surface area (Å²) in [7, 11) is 0. The molecule has 0 unspecified atom stereocenters. The van der Waals surface area contributed by atoms with E-state index < -0.39 is 10.8 Å². The van der Waals surface area contributed by atoms with Crippen LogP contribution in [0.2, 0.25) is 0 Å². The third-order valence-electron chi connectivity index (χ3n) is 4.56. The van der Waals surface area contributed by atoms with Crippen molar-refractivity contribution in [3.63, 3.8) is 0 Å². The van der Waals surface area contributed by atoms with Crippen LogP contribution in [0.4, 0.5) is 16.5 Å². The maximum atomic E-state index is 12.4. The van der Waals surface area contributed by atoms with E-state index in [2.05, 4.69) is 20.8 Å². The van der Waals surface area contributed by atoms with E-state index in [0.717, 1.165) is 33.7 Å². The van der Waals surface area contributed by atoms with Gasteiger partial charge in [0.1, 0.15) is 0 Å². The van der Waals surface area contributed by atoms with Gasteiger partial charge in [0.2, 0.25) is 11.0 Å². The molecule has 0 spiro atoms. The summed E-state index contributed by atoms with van der Waals surface area (Å²) in [6.07, 6.45) is 0. The molecule has 32 heavy (non-hydrogen) atoms. The van der Waals surface area contributed by atoms with Crippen molar-refractivity contribution < 1.29 is 14.5 Å². The fraction of sp³-hybridized carbons (Fsp3) is 0.238. The molecule has 166 valence electrons. The van der Waals surface area contributed by atoms with Gasteiger partial charge in [0.25, 0.3) is 11.6 Å². The minimum Gasteiger partial charge on any atom is -0.325 e. The normalized spacial score (nSPS) is 10.6. The van der Waals surface area contributed by atoms with Crippen LogP contribution in [-0.2, 0) is 4.79 Å². The van der Waals surface area contributed by atoms with Crippen LogP contribution < -0.4 is 10.6 Å². The number of amides is 2. The summed E-state index contributed by atoms with van der Waals surface area (Å²) in [5.74, 6) is -0.555. The Bertz CT molecular complexity index is 1190. The minimum atomic E-state index is -0.531. The van der Waals surface area contributed by atoms with Gasteiger partial charge in [-0.25, -0.2) is 0 Å². The van der Waals surface area contributed by atoms with Gasteiger partial charge in [-0.1, -0.05) is 46.9 Å². The number of carbonyl (C=O) groups is 2. The summed E-state index contributed by atoms with van der Waals surface area (Å²) >= 11 is 2.33. The Morgan fingerprint density at radius 2 is 1.72 bits per heavy atom. The number of thioether (sulfide) groups is 1. The molecule has 0 atom stereocenters. The van der Waals surface area contributed by atoms with E-state index in [-0.39, 0.29) is 28.0 Å². The zero-order chi connectivity index (χ0) is 23.4. The number of nitro benzene ring substituents is 1. The van der Waals surface area contributed by atoms with Crippen LogP contribution in [0.1, 0.15) is 32.6 Å². The summed E-state index contributed by atoms with van der Waals surface area (Å²) in [4.78, 5) is 35.3. The van der Waals surface area contributed by atoms with Gasteiger partial charge in [-0.05, 0) is 44.9 Å². The predicted octanol–water partition coefficient (Wildman–Crippen LogP) is 4.66. The second-order valence-electron chi connectivity index (χ2n) is 7.20. The van der Waals surface area contributed by atoms with Crippen molar-refractivity contribution in [2.75, 3.05) is 16.4 Å². The van der Waals surface area contributed by atoms with Gasteiger partial charge in [0.15, 0.2) is 4.34 Å². The van der Waals surface area contributed by atoms with Gasteiger partial charge in [-0.15, -0.1) is 10.2 Å². The van der Waals surface area contributed by atoms with Crippen LogP contribution in [0.25, 0.3) is 0 Å². The number of hydrogen-bond acceptors (Lipinski definition) is 8. The molecule has 0 fully saturated rings. The van der Waals surface area contributed by atoms with Gasteiger partial charge in [-0.2, -0.15) is 0 Å². The number of hydrogen-bond donors (Lipinski definition) is 2. The van der Waals surface area contributed by atoms with Crippen LogP contribution in [0.15, 0.2) is 34.7 Å². The fourth-order valence-corrected chi connectivity index (χ4v) is 4.66. The molecule has 11 heteroatoms. The second-order valence-corrected chi connectivity index (χ2v) is 9.40. The van der Waals surface area contributed by atoms with Gasteiger partial charge in [-0.3, -0.25) is 25.0 Å². The number of anilines is 2. The van der Waals surface area contributed by atoms with E-state index in [1.807, 2.05) is 32.9 Å². The maximum absolute atomic E-state index is 12.4. The average Bonchev–Trinajstić information content (AvgIpc) is 3.16. The molecule has 2 aromatic carbocycles. The van der Waals surface area contributed by atoms with Crippen molar-refractivity contribution in [2.24, 2.45) is 0 Å². The number of benzene rings is 2. The number of carbonyl (C=O) groups excluding carboxylic acids is 2. The molecule has 2 N–H and O–H groups in total. The van der Waals surface area contributed by atoms with Crippen LogP contribution >= 0.6 is 23.1 Å². The Balaban J connectivity index is 1.58. The van der Waals surface area contributed by atoms with Crippen molar-refractivity contribution in [3.8, 4) is 0 Å². The lowest BCUT2D eigenvalue weighted by atomic mass is 10.1. The largest absolute Gasteiger partial charge is 0.325 e. The van der Waals surface area contributed by atoms with Crippen molar-refractivity contribution in [2.45, 2.75) is 32.0 Å². The molecular weight excluding hydrogens is 450 g/mol. The number of aryl methyl sites for hydroxylation is 4. The maximum Gasteiger partial charge on any atom is 0.273 e. The Labute approximate surface area is 192 Å². The zero-order valence-electron chi connectivity index (χ0n) is 17.9. The molecule has 0 aliphatic rings. The van der Waals surface area contributed by atoms with E-state index >= 15 is 0 Å². The third kappa shape index (κ3) is 5.68. The van der Waals surface area contributed by atoms with E-state index in [1.165, 1.54) is 30.0 Å². The summed E-state index contributed by atoms with van der Waals surface area (Å²) in [6, 6.07) is 8.27. The number of nitrogens with zero attached hydrogens (tertiary/aromatic N) is 3. The standard InChI is InChI=1S/C21H21N5O4S2/c1-11-7-13(3)18(14(4)8-11)22-17(27)10-31-21-25-24-20(32-21)23-19(28)15-6-5-12(2)16(9-15)26(29)30/h5-9H,10H2,1-4H3,(H,22,27)(H,23,24,28). The fourth-order valence-electron chi connectivity index (χ4n) is 3.12. The summed E-state index contributed by atoms with van der Waals surface area (Å²) < 4.78 is 0.516. The first kappa shape index (κ1) is 23.4. The summed E-state index contributed by atoms with van der Waals surface area (Å²) in [5.41, 5.74) is 4.42. The van der Waals surface area contributed by atoms with Crippen molar-refractivity contribution in [3.05, 3.63) is 68.3 Å². The van der Waals surface area contributed by atoms with Gasteiger partial charge in [0.05, 0.1) is 10.7 Å². The molecule has 0 saturated carbocycles. The van der Waals surface area contributed by atoms with Crippen molar-refractivity contribution >= 4 is 51.4 Å². The number of rotatable bonds is 7. The Kier molecular flexibility index (Phi) is 7.21. The van der Waals surface area contributed by atoms with E-state index in [9.17, 15) is 19.7 Å². The molecule has 1 aromatic heterocycles. The molecule has 1 heterocycles. The van der Waals surface area contributed by atoms with E-state index in [1.54, 1.807) is 6.92 Å². The van der Waals surface area contributed by atoms with Crippen LogP contribution in [-0.4, -0.2) is 32.7 Å².